The molecule has 2 aromatic heterocycles. The Balaban J connectivity index is 1.86. The number of carboxylic acids is 1. The SMILES string of the molecule is Cc1ccc(C(=O)O)cc1Nc1nc(Cl)nc2sc3c(c12)CCC3. The van der Waals surface area contributed by atoms with Crippen molar-refractivity contribution in [2.75, 3.05) is 5.32 Å². The van der Waals surface area contributed by atoms with Gasteiger partial charge in [0.15, 0.2) is 0 Å². The van der Waals surface area contributed by atoms with E-state index < -0.39 is 5.97 Å². The van der Waals surface area contributed by atoms with Crippen LogP contribution in [0.1, 0.15) is 32.8 Å². The van der Waals surface area contributed by atoms with Crippen molar-refractivity contribution < 1.29 is 9.90 Å². The summed E-state index contributed by atoms with van der Waals surface area (Å²) in [4.78, 5) is 22.2. The van der Waals surface area contributed by atoms with Crippen LogP contribution in [0.3, 0.4) is 0 Å². The Labute approximate surface area is 147 Å². The number of benzene rings is 1. The Morgan fingerprint density at radius 3 is 2.96 bits per heavy atom. The second-order valence-corrected chi connectivity index (χ2v) is 7.26. The van der Waals surface area contributed by atoms with E-state index in [4.69, 9.17) is 11.6 Å². The Hall–Kier alpha value is -2.18. The topological polar surface area (TPSA) is 75.1 Å². The molecule has 4 rings (SSSR count). The van der Waals surface area contributed by atoms with Gasteiger partial charge in [-0.3, -0.25) is 0 Å². The van der Waals surface area contributed by atoms with Crippen molar-refractivity contribution in [3.63, 3.8) is 0 Å². The number of hydrogen-bond acceptors (Lipinski definition) is 5. The van der Waals surface area contributed by atoms with Crippen LogP contribution in [-0.2, 0) is 12.8 Å². The Kier molecular flexibility index (Phi) is 3.66. The fraction of sp³-hybridized carbons (Fsp3) is 0.235. The van der Waals surface area contributed by atoms with Crippen LogP contribution in [0.4, 0.5) is 11.5 Å². The molecule has 5 nitrogen and oxygen atoms in total. The molecule has 0 amide bonds. The van der Waals surface area contributed by atoms with Crippen LogP contribution in [0.2, 0.25) is 5.28 Å². The third-order valence-corrected chi connectivity index (χ3v) is 5.63. The van der Waals surface area contributed by atoms with Gasteiger partial charge in [0.05, 0.1) is 10.9 Å². The second kappa shape index (κ2) is 5.72. The minimum atomic E-state index is -0.958. The molecule has 2 N–H and O–H groups in total. The summed E-state index contributed by atoms with van der Waals surface area (Å²) in [5, 5.41) is 13.7. The number of carboxylic acid groups (broad SMARTS) is 1. The van der Waals surface area contributed by atoms with Crippen molar-refractivity contribution in [2.45, 2.75) is 26.2 Å². The van der Waals surface area contributed by atoms with Crippen LogP contribution in [0.5, 0.6) is 0 Å². The van der Waals surface area contributed by atoms with Gasteiger partial charge >= 0.3 is 5.97 Å². The predicted molar refractivity (Wildman–Crippen MR) is 95.9 cm³/mol. The third-order valence-electron chi connectivity index (χ3n) is 4.27. The number of anilines is 2. The highest BCUT2D eigenvalue weighted by atomic mass is 35.5. The molecule has 1 aromatic carbocycles. The first-order chi connectivity index (χ1) is 11.5. The Morgan fingerprint density at radius 1 is 1.33 bits per heavy atom. The molecule has 2 heterocycles. The molecular formula is C17H14ClN3O2S. The average Bonchev–Trinajstić information content (AvgIpc) is 3.09. The molecular weight excluding hydrogens is 346 g/mol. The van der Waals surface area contributed by atoms with Gasteiger partial charge in [-0.15, -0.1) is 11.3 Å². The highest BCUT2D eigenvalue weighted by Crippen LogP contribution is 2.40. The number of nitrogens with zero attached hydrogens (tertiary/aromatic N) is 2. The first kappa shape index (κ1) is 15.4. The number of aryl methyl sites for hydroxylation is 3. The van der Waals surface area contributed by atoms with E-state index in [0.29, 0.717) is 11.5 Å². The van der Waals surface area contributed by atoms with Crippen LogP contribution in [-0.4, -0.2) is 21.0 Å². The molecule has 24 heavy (non-hydrogen) atoms. The molecule has 1 aliphatic rings. The van der Waals surface area contributed by atoms with Crippen molar-refractivity contribution in [2.24, 2.45) is 0 Å². The highest BCUT2D eigenvalue weighted by Gasteiger charge is 2.22. The summed E-state index contributed by atoms with van der Waals surface area (Å²) in [5.41, 5.74) is 3.18. The number of rotatable bonds is 3. The monoisotopic (exact) mass is 359 g/mol. The molecule has 0 bridgehead atoms. The summed E-state index contributed by atoms with van der Waals surface area (Å²) >= 11 is 7.75. The lowest BCUT2D eigenvalue weighted by atomic mass is 10.1. The molecule has 1 aliphatic carbocycles. The van der Waals surface area contributed by atoms with Gasteiger partial charge in [0, 0.05) is 10.6 Å². The highest BCUT2D eigenvalue weighted by molar-refractivity contribution is 7.19. The van der Waals surface area contributed by atoms with E-state index in [0.717, 1.165) is 35.0 Å². The normalized spacial score (nSPS) is 13.2. The molecule has 0 fully saturated rings. The molecule has 0 unspecified atom stereocenters. The number of thiophene rings is 1. The Morgan fingerprint density at radius 2 is 2.17 bits per heavy atom. The molecule has 0 spiro atoms. The minimum absolute atomic E-state index is 0.192. The zero-order valence-corrected chi connectivity index (χ0v) is 14.5. The maximum absolute atomic E-state index is 11.2. The van der Waals surface area contributed by atoms with E-state index in [1.807, 2.05) is 6.92 Å². The molecule has 3 aromatic rings. The van der Waals surface area contributed by atoms with Crippen molar-refractivity contribution in [3.05, 3.63) is 45.1 Å². The number of halogens is 1. The van der Waals surface area contributed by atoms with Gasteiger partial charge in [-0.05, 0) is 61.0 Å². The lowest BCUT2D eigenvalue weighted by Crippen LogP contribution is -2.02. The van der Waals surface area contributed by atoms with Crippen molar-refractivity contribution >= 4 is 50.6 Å². The fourth-order valence-corrected chi connectivity index (χ4v) is 4.56. The number of aromatic carboxylic acids is 1. The minimum Gasteiger partial charge on any atom is -0.478 e. The first-order valence-electron chi connectivity index (χ1n) is 7.61. The molecule has 122 valence electrons. The molecule has 0 atom stereocenters. The van der Waals surface area contributed by atoms with Crippen LogP contribution in [0.25, 0.3) is 10.2 Å². The zero-order valence-electron chi connectivity index (χ0n) is 12.9. The largest absolute Gasteiger partial charge is 0.478 e. The summed E-state index contributed by atoms with van der Waals surface area (Å²) in [6, 6.07) is 4.99. The summed E-state index contributed by atoms with van der Waals surface area (Å²) in [7, 11) is 0. The van der Waals surface area contributed by atoms with Crippen LogP contribution in [0.15, 0.2) is 18.2 Å². The molecule has 0 saturated heterocycles. The number of hydrogen-bond donors (Lipinski definition) is 2. The van der Waals surface area contributed by atoms with Crippen molar-refractivity contribution in [1.29, 1.82) is 0 Å². The summed E-state index contributed by atoms with van der Waals surface area (Å²) in [6.07, 6.45) is 3.23. The summed E-state index contributed by atoms with van der Waals surface area (Å²) in [5.74, 6) is -0.310. The summed E-state index contributed by atoms with van der Waals surface area (Å²) in [6.45, 7) is 1.92. The zero-order chi connectivity index (χ0) is 16.8. The van der Waals surface area contributed by atoms with Gasteiger partial charge in [0.2, 0.25) is 5.28 Å². The first-order valence-corrected chi connectivity index (χ1v) is 8.81. The van der Waals surface area contributed by atoms with Crippen molar-refractivity contribution in [1.82, 2.24) is 9.97 Å². The number of carbonyl (C=O) groups is 1. The van der Waals surface area contributed by atoms with E-state index in [1.54, 1.807) is 29.5 Å². The van der Waals surface area contributed by atoms with Gasteiger partial charge in [-0.2, -0.15) is 4.98 Å². The quantitative estimate of drug-likeness (QED) is 0.669. The summed E-state index contributed by atoms with van der Waals surface area (Å²) < 4.78 is 0. The van der Waals surface area contributed by atoms with Crippen molar-refractivity contribution in [3.8, 4) is 0 Å². The second-order valence-electron chi connectivity index (χ2n) is 5.84. The Bertz CT molecular complexity index is 984. The average molecular weight is 360 g/mol. The van der Waals surface area contributed by atoms with E-state index in [-0.39, 0.29) is 10.8 Å². The molecule has 0 aliphatic heterocycles. The van der Waals surface area contributed by atoms with Gasteiger partial charge in [-0.25, -0.2) is 9.78 Å². The number of aromatic nitrogens is 2. The van der Waals surface area contributed by atoms with Gasteiger partial charge in [0.1, 0.15) is 10.6 Å². The van der Waals surface area contributed by atoms with E-state index >= 15 is 0 Å². The number of fused-ring (bicyclic) bond motifs is 3. The third kappa shape index (κ3) is 2.52. The van der Waals surface area contributed by atoms with Gasteiger partial charge in [0.25, 0.3) is 0 Å². The fourth-order valence-electron chi connectivity index (χ4n) is 3.08. The van der Waals surface area contributed by atoms with Gasteiger partial charge < -0.3 is 10.4 Å². The molecule has 0 saturated carbocycles. The lowest BCUT2D eigenvalue weighted by molar-refractivity contribution is 0.0697. The standard InChI is InChI=1S/C17H14ClN3O2S/c1-8-5-6-9(16(22)23)7-11(8)19-14-13-10-3-2-4-12(10)24-15(13)21-17(18)20-14/h5-7H,2-4H2,1H3,(H,22,23)(H,19,20,21). The van der Waals surface area contributed by atoms with Crippen LogP contribution in [0, 0.1) is 6.92 Å². The van der Waals surface area contributed by atoms with E-state index in [1.165, 1.54) is 10.4 Å². The van der Waals surface area contributed by atoms with Crippen LogP contribution >= 0.6 is 22.9 Å². The van der Waals surface area contributed by atoms with E-state index in [2.05, 4.69) is 15.3 Å². The molecule has 7 heteroatoms. The smallest absolute Gasteiger partial charge is 0.335 e. The number of nitrogens with one attached hydrogen (secondary N) is 1. The van der Waals surface area contributed by atoms with Crippen LogP contribution < -0.4 is 5.32 Å². The maximum Gasteiger partial charge on any atom is 0.335 e. The maximum atomic E-state index is 11.2. The molecule has 0 radical (unpaired) electrons. The van der Waals surface area contributed by atoms with E-state index in [9.17, 15) is 9.90 Å². The van der Waals surface area contributed by atoms with Gasteiger partial charge in [-0.1, -0.05) is 6.07 Å². The predicted octanol–water partition coefficient (Wildman–Crippen LogP) is 4.58. The lowest BCUT2D eigenvalue weighted by Gasteiger charge is -2.11.